The second kappa shape index (κ2) is 17.0. The fourth-order valence-electron chi connectivity index (χ4n) is 5.57. The molecule has 171 valence electrons. The van der Waals surface area contributed by atoms with Crippen LogP contribution < -0.4 is 29.0 Å². The molecule has 4 rings (SSSR count). The zero-order valence-electron chi connectivity index (χ0n) is 18.5. The Hall–Kier alpha value is 0.503. The maximum Gasteiger partial charge on any atom is -1.00 e. The van der Waals surface area contributed by atoms with Gasteiger partial charge in [-0.2, -0.15) is 0 Å². The van der Waals surface area contributed by atoms with Crippen molar-refractivity contribution in [1.82, 2.24) is 0 Å². The van der Waals surface area contributed by atoms with Crippen molar-refractivity contribution in [2.75, 3.05) is 0 Å². The van der Waals surface area contributed by atoms with Crippen molar-refractivity contribution >= 4 is 16.3 Å². The van der Waals surface area contributed by atoms with E-state index in [4.69, 9.17) is 0 Å². The standard InChI is InChI=1S/C18H33P.C6H5.C2H2.2ClH.Ru/c1-4-10-16(11-5-1)19(17-12-6-2-7-13-17)18-14-8-3-9-15-18;1-2-4-6-5-3-1;1-2;;;/h16-18H,1-15H2;1-5H;1H2;2*1H;/q;;;;;+2/p-2. The Morgan fingerprint density at radius 2 is 1.00 bits per heavy atom. The first-order valence-electron chi connectivity index (χ1n) is 11.8. The molecule has 0 nitrogen and oxygen atoms in total. The number of hydrogen-bond acceptors (Lipinski definition) is 0. The molecular formula is C26H40Cl2PRu. The largest absolute Gasteiger partial charge is 1.00 e. The quantitative estimate of drug-likeness (QED) is 0.390. The van der Waals surface area contributed by atoms with Gasteiger partial charge in [0.2, 0.25) is 0 Å². The maximum absolute atomic E-state index is 3.57. The zero-order valence-corrected chi connectivity index (χ0v) is 22.6. The van der Waals surface area contributed by atoms with Gasteiger partial charge in [0.1, 0.15) is 0 Å². The average molecular weight is 556 g/mol. The molecule has 0 aliphatic heterocycles. The predicted molar refractivity (Wildman–Crippen MR) is 124 cm³/mol. The van der Waals surface area contributed by atoms with E-state index in [0.717, 1.165) is 0 Å². The van der Waals surface area contributed by atoms with Crippen LogP contribution in [0.15, 0.2) is 36.9 Å². The Morgan fingerprint density at radius 1 is 0.633 bits per heavy atom. The van der Waals surface area contributed by atoms with Crippen LogP contribution >= 0.6 is 7.92 Å². The Bertz CT molecular complexity index is 542. The van der Waals surface area contributed by atoms with Crippen molar-refractivity contribution in [3.05, 3.63) is 36.9 Å². The number of rotatable bonds is 4. The van der Waals surface area contributed by atoms with Crippen molar-refractivity contribution in [3.8, 4) is 0 Å². The zero-order chi connectivity index (χ0) is 19.4. The second-order valence-electron chi connectivity index (χ2n) is 8.82. The summed E-state index contributed by atoms with van der Waals surface area (Å²) in [6.07, 6.45) is 23.6. The van der Waals surface area contributed by atoms with E-state index in [1.165, 1.54) is 40.4 Å². The monoisotopic (exact) mass is 555 g/mol. The van der Waals surface area contributed by atoms with Crippen molar-refractivity contribution in [2.45, 2.75) is 113 Å². The summed E-state index contributed by atoms with van der Waals surface area (Å²) in [5.41, 5.74) is 3.57. The van der Waals surface area contributed by atoms with Crippen molar-refractivity contribution < 1.29 is 41.5 Å². The molecule has 1 aromatic carbocycles. The van der Waals surface area contributed by atoms with Gasteiger partial charge >= 0.3 is 62.0 Å². The van der Waals surface area contributed by atoms with E-state index >= 15 is 0 Å². The van der Waals surface area contributed by atoms with Crippen LogP contribution in [-0.2, 0) is 16.7 Å². The molecule has 0 spiro atoms. The third-order valence-corrected chi connectivity index (χ3v) is 12.3. The molecule has 3 aliphatic carbocycles. The van der Waals surface area contributed by atoms with Gasteiger partial charge in [0.25, 0.3) is 0 Å². The van der Waals surface area contributed by atoms with Crippen molar-refractivity contribution in [3.63, 3.8) is 0 Å². The van der Waals surface area contributed by atoms with Crippen LogP contribution in [0.5, 0.6) is 0 Å². The first kappa shape index (κ1) is 28.5. The summed E-state index contributed by atoms with van der Waals surface area (Å²) >= 11 is 0.129. The van der Waals surface area contributed by atoms with Gasteiger partial charge in [0, 0.05) is 0 Å². The summed E-state index contributed by atoms with van der Waals surface area (Å²) in [5.74, 6) is 0. The van der Waals surface area contributed by atoms with E-state index in [1.807, 2.05) is 18.2 Å². The van der Waals surface area contributed by atoms with Crippen LogP contribution in [0.3, 0.4) is 0 Å². The molecule has 4 heteroatoms. The summed E-state index contributed by atoms with van der Waals surface area (Å²) in [7, 11) is 0.385. The Morgan fingerprint density at radius 3 is 1.33 bits per heavy atom. The van der Waals surface area contributed by atoms with Gasteiger partial charge in [-0.3, -0.25) is 0 Å². The van der Waals surface area contributed by atoms with Gasteiger partial charge in [-0.05, 0) is 55.5 Å². The van der Waals surface area contributed by atoms with Crippen LogP contribution in [0.25, 0.3) is 0 Å². The summed E-state index contributed by atoms with van der Waals surface area (Å²) in [6.45, 7) is 3.57. The van der Waals surface area contributed by atoms with Gasteiger partial charge in [0.05, 0.1) is 0 Å². The van der Waals surface area contributed by atoms with E-state index < -0.39 is 0 Å². The van der Waals surface area contributed by atoms with Gasteiger partial charge in [0.15, 0.2) is 0 Å². The molecule has 3 aliphatic rings. The van der Waals surface area contributed by atoms with Crippen LogP contribution in [0.4, 0.5) is 0 Å². The molecule has 30 heavy (non-hydrogen) atoms. The fraction of sp³-hybridized carbons (Fsp3) is 0.692. The summed E-state index contributed by atoms with van der Waals surface area (Å²) in [4.78, 5) is 0. The van der Waals surface area contributed by atoms with E-state index in [1.54, 1.807) is 77.0 Å². The number of hydrogen-bond donors (Lipinski definition) is 0. The molecule has 0 atom stereocenters. The van der Waals surface area contributed by atoms with Crippen LogP contribution in [0, 0.1) is 0 Å². The molecule has 3 fully saturated rings. The molecule has 0 bridgehead atoms. The normalized spacial score (nSPS) is 20.7. The molecule has 0 saturated heterocycles. The maximum atomic E-state index is 3.57. The summed E-state index contributed by atoms with van der Waals surface area (Å²) < 4.78 is 4.28. The number of halogens is 2. The molecule has 0 amide bonds. The fourth-order valence-corrected chi connectivity index (χ4v) is 11.2. The third-order valence-electron chi connectivity index (χ3n) is 6.88. The summed E-state index contributed by atoms with van der Waals surface area (Å²) in [5, 5.41) is 0. The topological polar surface area (TPSA) is 0 Å². The van der Waals surface area contributed by atoms with Crippen LogP contribution in [-0.4, -0.2) is 21.2 Å². The first-order valence-corrected chi connectivity index (χ1v) is 15.1. The number of benzene rings is 1. The van der Waals surface area contributed by atoms with Gasteiger partial charge in [-0.15, -0.1) is 0 Å². The SMILES string of the molecule is C1CCC(P(C2CCCCC2)C2CCCCC2)CC1.C=[C]=[Ru+2][c]1ccccc1.[Cl-].[Cl-]. The first-order chi connectivity index (χ1) is 13.9. The van der Waals surface area contributed by atoms with E-state index in [0.29, 0.717) is 7.92 Å². The van der Waals surface area contributed by atoms with Gasteiger partial charge in [-0.25, -0.2) is 0 Å². The van der Waals surface area contributed by atoms with Crippen LogP contribution in [0.2, 0.25) is 0 Å². The molecular weight excluding hydrogens is 515 g/mol. The van der Waals surface area contributed by atoms with E-state index in [-0.39, 0.29) is 41.5 Å². The molecule has 3 saturated carbocycles. The molecule has 0 unspecified atom stereocenters. The van der Waals surface area contributed by atoms with Crippen molar-refractivity contribution in [1.29, 1.82) is 0 Å². The summed E-state index contributed by atoms with van der Waals surface area (Å²) in [6, 6.07) is 10.3. The Balaban J connectivity index is 0.000000351. The second-order valence-corrected chi connectivity index (χ2v) is 14.0. The molecule has 0 radical (unpaired) electrons. The molecule has 0 heterocycles. The van der Waals surface area contributed by atoms with Crippen molar-refractivity contribution in [2.24, 2.45) is 0 Å². The van der Waals surface area contributed by atoms with Gasteiger partial charge < -0.3 is 24.8 Å². The minimum absolute atomic E-state index is 0. The van der Waals surface area contributed by atoms with Gasteiger partial charge in [-0.1, -0.05) is 65.7 Å². The van der Waals surface area contributed by atoms with E-state index in [2.05, 4.69) is 23.0 Å². The molecule has 0 aromatic heterocycles. The van der Waals surface area contributed by atoms with E-state index in [9.17, 15) is 0 Å². The molecule has 1 aromatic rings. The van der Waals surface area contributed by atoms with Crippen LogP contribution in [0.1, 0.15) is 96.3 Å². The Labute approximate surface area is 207 Å². The minimum Gasteiger partial charge on any atom is -1.00 e. The predicted octanol–water partition coefficient (Wildman–Crippen LogP) is 1.46. The molecule has 0 N–H and O–H groups in total. The minimum atomic E-state index is 0. The smallest absolute Gasteiger partial charge is 1.00 e. The average Bonchev–Trinajstić information content (AvgIpc) is 2.78. The third kappa shape index (κ3) is 9.55. The Kier molecular flexibility index (Phi) is 16.2.